The molecule has 0 radical (unpaired) electrons. The Kier molecular flexibility index (Phi) is 8.51. The fourth-order valence-electron chi connectivity index (χ4n) is 5.01. The van der Waals surface area contributed by atoms with E-state index in [4.69, 9.17) is 20.9 Å². The van der Waals surface area contributed by atoms with Crippen LogP contribution >= 0.6 is 11.6 Å². The standard InChI is InChI=1S/C27H32ClN5O5S/c1-37-24-10-9-22(39(35,36)33-13-3-2-4-14-33)17-23(24)29-27(34)20-11-15-32(16-12-20)18-25-30-26(31-38-25)19-5-7-21(28)8-6-19/h5-10,17,20H,2-4,11-16,18H2,1H3,(H,29,34). The van der Waals surface area contributed by atoms with Crippen molar-refractivity contribution in [3.63, 3.8) is 0 Å². The Balaban J connectivity index is 1.18. The summed E-state index contributed by atoms with van der Waals surface area (Å²) in [4.78, 5) is 20.0. The maximum Gasteiger partial charge on any atom is 0.243 e. The van der Waals surface area contributed by atoms with Gasteiger partial charge in [0.25, 0.3) is 0 Å². The van der Waals surface area contributed by atoms with E-state index in [1.165, 1.54) is 23.5 Å². The molecule has 0 saturated carbocycles. The number of amides is 1. The summed E-state index contributed by atoms with van der Waals surface area (Å²) < 4.78 is 38.7. The Morgan fingerprint density at radius 3 is 2.49 bits per heavy atom. The molecule has 3 aromatic rings. The molecule has 0 atom stereocenters. The molecule has 39 heavy (non-hydrogen) atoms. The van der Waals surface area contributed by atoms with E-state index in [-0.39, 0.29) is 16.7 Å². The van der Waals surface area contributed by atoms with Gasteiger partial charge in [0.2, 0.25) is 27.6 Å². The van der Waals surface area contributed by atoms with Gasteiger partial charge in [0, 0.05) is 29.6 Å². The summed E-state index contributed by atoms with van der Waals surface area (Å²) >= 11 is 5.95. The van der Waals surface area contributed by atoms with Crippen molar-refractivity contribution in [1.29, 1.82) is 0 Å². The highest BCUT2D eigenvalue weighted by Crippen LogP contribution is 2.31. The number of likely N-dealkylation sites (tertiary alicyclic amines) is 1. The zero-order chi connectivity index (χ0) is 27.4. The molecule has 2 fully saturated rings. The van der Waals surface area contributed by atoms with E-state index in [0.29, 0.717) is 73.7 Å². The number of hydrogen-bond donors (Lipinski definition) is 1. The Bertz CT molecular complexity index is 1400. The first-order chi connectivity index (χ1) is 18.8. The summed E-state index contributed by atoms with van der Waals surface area (Å²) in [7, 11) is -2.13. The van der Waals surface area contributed by atoms with E-state index in [0.717, 1.165) is 24.8 Å². The molecule has 2 saturated heterocycles. The van der Waals surface area contributed by atoms with Gasteiger partial charge in [0.15, 0.2) is 0 Å². The van der Waals surface area contributed by atoms with Crippen molar-refractivity contribution in [2.24, 2.45) is 5.92 Å². The summed E-state index contributed by atoms with van der Waals surface area (Å²) in [6.07, 6.45) is 4.05. The number of piperidine rings is 2. The zero-order valence-corrected chi connectivity index (χ0v) is 23.4. The number of nitrogens with one attached hydrogen (secondary N) is 1. The monoisotopic (exact) mass is 573 g/mol. The van der Waals surface area contributed by atoms with Crippen LogP contribution < -0.4 is 10.1 Å². The number of sulfonamides is 1. The molecule has 5 rings (SSSR count). The van der Waals surface area contributed by atoms with E-state index in [2.05, 4.69) is 20.4 Å². The second-order valence-corrected chi connectivity index (χ2v) is 12.3. The van der Waals surface area contributed by atoms with Crippen LogP contribution in [0.5, 0.6) is 5.75 Å². The lowest BCUT2D eigenvalue weighted by Gasteiger charge is -2.30. The van der Waals surface area contributed by atoms with Crippen LogP contribution in [-0.4, -0.2) is 67.0 Å². The second-order valence-electron chi connectivity index (χ2n) is 9.89. The lowest BCUT2D eigenvalue weighted by Crippen LogP contribution is -2.38. The minimum Gasteiger partial charge on any atom is -0.495 e. The molecule has 0 spiro atoms. The first-order valence-electron chi connectivity index (χ1n) is 13.1. The number of hydrogen-bond acceptors (Lipinski definition) is 8. The van der Waals surface area contributed by atoms with E-state index < -0.39 is 10.0 Å². The van der Waals surface area contributed by atoms with E-state index >= 15 is 0 Å². The van der Waals surface area contributed by atoms with Crippen molar-refractivity contribution >= 4 is 33.2 Å². The number of ether oxygens (including phenoxy) is 1. The molecule has 2 aliphatic heterocycles. The quantitative estimate of drug-likeness (QED) is 0.421. The number of nitrogens with zero attached hydrogens (tertiary/aromatic N) is 4. The fraction of sp³-hybridized carbons (Fsp3) is 0.444. The Hall–Kier alpha value is -2.99. The normalized spacial score (nSPS) is 17.7. The molecule has 1 amide bonds. The lowest BCUT2D eigenvalue weighted by atomic mass is 9.96. The molecule has 1 aromatic heterocycles. The van der Waals surface area contributed by atoms with Gasteiger partial charge in [-0.1, -0.05) is 23.2 Å². The first kappa shape index (κ1) is 27.6. The van der Waals surface area contributed by atoms with Crippen molar-refractivity contribution in [1.82, 2.24) is 19.3 Å². The molecule has 208 valence electrons. The van der Waals surface area contributed by atoms with Crippen LogP contribution in [0.1, 0.15) is 38.0 Å². The molecule has 1 N–H and O–H groups in total. The maximum atomic E-state index is 13.2. The number of anilines is 1. The number of methoxy groups -OCH3 is 1. The van der Waals surface area contributed by atoms with Crippen LogP contribution in [0.3, 0.4) is 0 Å². The molecule has 2 aromatic carbocycles. The summed E-state index contributed by atoms with van der Waals surface area (Å²) in [5.41, 5.74) is 1.19. The third-order valence-corrected chi connectivity index (χ3v) is 9.42. The maximum absolute atomic E-state index is 13.2. The predicted octanol–water partition coefficient (Wildman–Crippen LogP) is 4.42. The fourth-order valence-corrected chi connectivity index (χ4v) is 6.68. The molecule has 10 nitrogen and oxygen atoms in total. The Labute approximate surface area is 233 Å². The van der Waals surface area contributed by atoms with Gasteiger partial charge >= 0.3 is 0 Å². The van der Waals surface area contributed by atoms with Gasteiger partial charge in [-0.3, -0.25) is 9.69 Å². The summed E-state index contributed by atoms with van der Waals surface area (Å²) in [5, 5.41) is 7.63. The molecule has 0 bridgehead atoms. The van der Waals surface area contributed by atoms with Gasteiger partial charge in [-0.2, -0.15) is 9.29 Å². The molecule has 2 aliphatic rings. The van der Waals surface area contributed by atoms with Crippen LogP contribution in [0.4, 0.5) is 5.69 Å². The number of halogens is 1. The highest BCUT2D eigenvalue weighted by Gasteiger charge is 2.29. The van der Waals surface area contributed by atoms with Crippen LogP contribution in [0, 0.1) is 5.92 Å². The summed E-state index contributed by atoms with van der Waals surface area (Å²) in [6, 6.07) is 11.9. The smallest absolute Gasteiger partial charge is 0.243 e. The van der Waals surface area contributed by atoms with Crippen molar-refractivity contribution in [3.8, 4) is 17.1 Å². The Morgan fingerprint density at radius 1 is 1.08 bits per heavy atom. The van der Waals surface area contributed by atoms with E-state index in [1.807, 2.05) is 12.1 Å². The topological polar surface area (TPSA) is 118 Å². The van der Waals surface area contributed by atoms with Crippen LogP contribution in [0.25, 0.3) is 11.4 Å². The van der Waals surface area contributed by atoms with Gasteiger partial charge in [-0.15, -0.1) is 0 Å². The number of benzene rings is 2. The van der Waals surface area contributed by atoms with Crippen LogP contribution in [0.2, 0.25) is 5.02 Å². The highest BCUT2D eigenvalue weighted by atomic mass is 35.5. The van der Waals surface area contributed by atoms with Gasteiger partial charge in [0.1, 0.15) is 5.75 Å². The number of aromatic nitrogens is 2. The average Bonchev–Trinajstić information content (AvgIpc) is 3.42. The van der Waals surface area contributed by atoms with Crippen molar-refractivity contribution in [3.05, 3.63) is 53.4 Å². The van der Waals surface area contributed by atoms with Gasteiger partial charge in [0.05, 0.1) is 24.2 Å². The number of carbonyl (C=O) groups excluding carboxylic acids is 1. The van der Waals surface area contributed by atoms with E-state index in [1.54, 1.807) is 18.2 Å². The van der Waals surface area contributed by atoms with Crippen LogP contribution in [0.15, 0.2) is 51.9 Å². The highest BCUT2D eigenvalue weighted by molar-refractivity contribution is 7.89. The van der Waals surface area contributed by atoms with Crippen molar-refractivity contribution in [2.45, 2.75) is 43.5 Å². The predicted molar refractivity (Wildman–Crippen MR) is 147 cm³/mol. The second kappa shape index (κ2) is 12.0. The van der Waals surface area contributed by atoms with Crippen molar-refractivity contribution in [2.75, 3.05) is 38.6 Å². The zero-order valence-electron chi connectivity index (χ0n) is 21.8. The largest absolute Gasteiger partial charge is 0.495 e. The first-order valence-corrected chi connectivity index (χ1v) is 15.0. The molecule has 0 aliphatic carbocycles. The Morgan fingerprint density at radius 2 is 1.79 bits per heavy atom. The van der Waals surface area contributed by atoms with E-state index in [9.17, 15) is 13.2 Å². The lowest BCUT2D eigenvalue weighted by molar-refractivity contribution is -0.121. The van der Waals surface area contributed by atoms with Gasteiger partial charge in [-0.25, -0.2) is 8.42 Å². The minimum atomic E-state index is -3.63. The molecule has 0 unspecified atom stereocenters. The third kappa shape index (κ3) is 6.43. The summed E-state index contributed by atoms with van der Waals surface area (Å²) in [5.74, 6) is 1.09. The van der Waals surface area contributed by atoms with Gasteiger partial charge in [-0.05, 0) is 81.2 Å². The third-order valence-electron chi connectivity index (χ3n) is 7.27. The number of rotatable bonds is 8. The molecule has 3 heterocycles. The average molecular weight is 574 g/mol. The molecular weight excluding hydrogens is 542 g/mol. The molecule has 12 heteroatoms. The number of carbonyl (C=O) groups is 1. The summed E-state index contributed by atoms with van der Waals surface area (Å²) in [6.45, 7) is 2.91. The minimum absolute atomic E-state index is 0.150. The SMILES string of the molecule is COc1ccc(S(=O)(=O)N2CCCCC2)cc1NC(=O)C1CCN(Cc2nc(-c3ccc(Cl)cc3)no2)CC1. The molecular formula is C27H32ClN5O5S. The van der Waals surface area contributed by atoms with Gasteiger partial charge < -0.3 is 14.6 Å². The van der Waals surface area contributed by atoms with Crippen molar-refractivity contribution < 1.29 is 22.5 Å². The van der Waals surface area contributed by atoms with Crippen LogP contribution in [-0.2, 0) is 21.4 Å².